The van der Waals surface area contributed by atoms with E-state index in [2.05, 4.69) is 32.3 Å². The minimum atomic E-state index is 0.464. The van der Waals surface area contributed by atoms with E-state index in [-0.39, 0.29) is 0 Å². The maximum absolute atomic E-state index is 6.09. The van der Waals surface area contributed by atoms with Crippen LogP contribution in [-0.4, -0.2) is 40.9 Å². The number of halogens is 1. The molecule has 0 saturated carbocycles. The fourth-order valence-electron chi connectivity index (χ4n) is 2.07. The van der Waals surface area contributed by atoms with Crippen molar-refractivity contribution in [3.8, 4) is 10.7 Å². The third-order valence-corrected chi connectivity index (χ3v) is 4.31. The van der Waals surface area contributed by atoms with E-state index < -0.39 is 0 Å². The van der Waals surface area contributed by atoms with Gasteiger partial charge < -0.3 is 10.2 Å². The van der Waals surface area contributed by atoms with Crippen molar-refractivity contribution in [2.45, 2.75) is 13.0 Å². The number of thiophene rings is 1. The SMILES string of the molecule is C[C@H]1CN(c2n[nH]c(-c3sccc3Cl)n2)CCN1. The molecule has 96 valence electrons. The van der Waals surface area contributed by atoms with E-state index in [4.69, 9.17) is 11.6 Å². The average Bonchev–Trinajstić information content (AvgIpc) is 2.97. The Morgan fingerprint density at radius 1 is 1.56 bits per heavy atom. The Balaban J connectivity index is 1.83. The summed E-state index contributed by atoms with van der Waals surface area (Å²) in [7, 11) is 0. The summed E-state index contributed by atoms with van der Waals surface area (Å²) < 4.78 is 0. The van der Waals surface area contributed by atoms with E-state index in [1.54, 1.807) is 11.3 Å². The van der Waals surface area contributed by atoms with E-state index >= 15 is 0 Å². The van der Waals surface area contributed by atoms with Crippen LogP contribution in [-0.2, 0) is 0 Å². The number of anilines is 1. The Bertz CT molecular complexity index is 537. The van der Waals surface area contributed by atoms with Gasteiger partial charge in [-0.25, -0.2) is 0 Å². The van der Waals surface area contributed by atoms with Gasteiger partial charge >= 0.3 is 0 Å². The molecular weight excluding hydrogens is 270 g/mol. The van der Waals surface area contributed by atoms with Gasteiger partial charge in [0.1, 0.15) is 0 Å². The van der Waals surface area contributed by atoms with Crippen LogP contribution in [0.5, 0.6) is 0 Å². The quantitative estimate of drug-likeness (QED) is 0.885. The van der Waals surface area contributed by atoms with Gasteiger partial charge in [-0.05, 0) is 18.4 Å². The molecule has 1 saturated heterocycles. The van der Waals surface area contributed by atoms with E-state index in [0.717, 1.165) is 41.3 Å². The zero-order chi connectivity index (χ0) is 12.5. The molecule has 2 aromatic rings. The van der Waals surface area contributed by atoms with Crippen LogP contribution in [0.4, 0.5) is 5.95 Å². The number of piperazine rings is 1. The first-order valence-electron chi connectivity index (χ1n) is 5.88. The number of hydrogen-bond acceptors (Lipinski definition) is 5. The molecular formula is C11H14ClN5S. The summed E-state index contributed by atoms with van der Waals surface area (Å²) in [6, 6.07) is 2.34. The predicted molar refractivity (Wildman–Crippen MR) is 74.4 cm³/mol. The molecule has 0 aliphatic carbocycles. The molecule has 2 N–H and O–H groups in total. The molecule has 0 unspecified atom stereocenters. The van der Waals surface area contributed by atoms with Gasteiger partial charge in [0.05, 0.1) is 9.90 Å². The summed E-state index contributed by atoms with van der Waals surface area (Å²) in [6.45, 7) is 4.98. The summed E-state index contributed by atoms with van der Waals surface area (Å²) in [5, 5.41) is 13.3. The van der Waals surface area contributed by atoms with Crippen LogP contribution in [0.15, 0.2) is 11.4 Å². The second-order valence-corrected chi connectivity index (χ2v) is 5.71. The maximum atomic E-state index is 6.09. The van der Waals surface area contributed by atoms with Crippen LogP contribution in [0.1, 0.15) is 6.92 Å². The van der Waals surface area contributed by atoms with Gasteiger partial charge in [-0.1, -0.05) is 11.6 Å². The van der Waals surface area contributed by atoms with Crippen molar-refractivity contribution >= 4 is 28.9 Å². The number of hydrogen-bond donors (Lipinski definition) is 2. The number of nitrogens with zero attached hydrogens (tertiary/aromatic N) is 3. The molecule has 1 atom stereocenters. The molecule has 0 spiro atoms. The number of rotatable bonds is 2. The van der Waals surface area contributed by atoms with Gasteiger partial charge in [0, 0.05) is 25.7 Å². The minimum absolute atomic E-state index is 0.464. The van der Waals surface area contributed by atoms with E-state index in [0.29, 0.717) is 6.04 Å². The van der Waals surface area contributed by atoms with Gasteiger partial charge in [-0.2, -0.15) is 4.98 Å². The highest BCUT2D eigenvalue weighted by atomic mass is 35.5. The molecule has 5 nitrogen and oxygen atoms in total. The van der Waals surface area contributed by atoms with Crippen LogP contribution in [0.3, 0.4) is 0 Å². The predicted octanol–water partition coefficient (Wildman–Crippen LogP) is 1.98. The average molecular weight is 284 g/mol. The highest BCUT2D eigenvalue weighted by Gasteiger charge is 2.20. The first kappa shape index (κ1) is 12.0. The zero-order valence-electron chi connectivity index (χ0n) is 9.98. The topological polar surface area (TPSA) is 56.8 Å². The highest BCUT2D eigenvalue weighted by molar-refractivity contribution is 7.14. The van der Waals surface area contributed by atoms with E-state index in [1.807, 2.05) is 11.4 Å². The monoisotopic (exact) mass is 283 g/mol. The fourth-order valence-corrected chi connectivity index (χ4v) is 3.16. The Labute approximate surface area is 114 Å². The minimum Gasteiger partial charge on any atom is -0.337 e. The summed E-state index contributed by atoms with van der Waals surface area (Å²) in [4.78, 5) is 7.66. The molecule has 3 heterocycles. The van der Waals surface area contributed by atoms with Gasteiger partial charge in [-0.15, -0.1) is 16.4 Å². The molecule has 3 rings (SSSR count). The Morgan fingerprint density at radius 3 is 3.17 bits per heavy atom. The van der Waals surface area contributed by atoms with E-state index in [9.17, 15) is 0 Å². The van der Waals surface area contributed by atoms with Crippen molar-refractivity contribution in [1.29, 1.82) is 0 Å². The summed E-state index contributed by atoms with van der Waals surface area (Å²) in [6.07, 6.45) is 0. The van der Waals surface area contributed by atoms with Crippen molar-refractivity contribution in [2.24, 2.45) is 0 Å². The maximum Gasteiger partial charge on any atom is 0.245 e. The Hall–Kier alpha value is -1.11. The Morgan fingerprint density at radius 2 is 2.44 bits per heavy atom. The molecule has 0 radical (unpaired) electrons. The Kier molecular flexibility index (Phi) is 3.23. The number of aromatic amines is 1. The fraction of sp³-hybridized carbons (Fsp3) is 0.455. The van der Waals surface area contributed by atoms with Crippen molar-refractivity contribution in [3.63, 3.8) is 0 Å². The lowest BCUT2D eigenvalue weighted by Crippen LogP contribution is -2.49. The third kappa shape index (κ3) is 2.23. The van der Waals surface area contributed by atoms with Crippen molar-refractivity contribution < 1.29 is 0 Å². The normalized spacial score (nSPS) is 20.3. The molecule has 2 aromatic heterocycles. The van der Waals surface area contributed by atoms with Gasteiger partial charge in [0.2, 0.25) is 5.95 Å². The molecule has 1 aliphatic rings. The molecule has 1 fully saturated rings. The molecule has 1 aliphatic heterocycles. The van der Waals surface area contributed by atoms with Crippen LogP contribution in [0.2, 0.25) is 5.02 Å². The van der Waals surface area contributed by atoms with Crippen LogP contribution < -0.4 is 10.2 Å². The van der Waals surface area contributed by atoms with Crippen molar-refractivity contribution in [3.05, 3.63) is 16.5 Å². The van der Waals surface area contributed by atoms with Gasteiger partial charge in [-0.3, -0.25) is 5.10 Å². The van der Waals surface area contributed by atoms with Crippen molar-refractivity contribution in [2.75, 3.05) is 24.5 Å². The lowest BCUT2D eigenvalue weighted by molar-refractivity contribution is 0.480. The summed E-state index contributed by atoms with van der Waals surface area (Å²) >= 11 is 7.66. The smallest absolute Gasteiger partial charge is 0.245 e. The van der Waals surface area contributed by atoms with Crippen LogP contribution in [0, 0.1) is 0 Å². The van der Waals surface area contributed by atoms with E-state index in [1.165, 1.54) is 0 Å². The number of H-pyrrole nitrogens is 1. The zero-order valence-corrected chi connectivity index (χ0v) is 11.6. The molecule has 0 bridgehead atoms. The standard InChI is InChI=1S/C11H14ClN5S/c1-7-6-17(4-3-13-7)11-14-10(15-16-11)9-8(12)2-5-18-9/h2,5,7,13H,3-4,6H2,1H3,(H,14,15,16)/t7-/m0/s1. The lowest BCUT2D eigenvalue weighted by atomic mass is 10.2. The molecule has 0 amide bonds. The van der Waals surface area contributed by atoms with Crippen molar-refractivity contribution in [1.82, 2.24) is 20.5 Å². The van der Waals surface area contributed by atoms with Crippen LogP contribution >= 0.6 is 22.9 Å². The van der Waals surface area contributed by atoms with Crippen LogP contribution in [0.25, 0.3) is 10.7 Å². The third-order valence-electron chi connectivity index (χ3n) is 2.96. The summed E-state index contributed by atoms with van der Waals surface area (Å²) in [5.41, 5.74) is 0. The summed E-state index contributed by atoms with van der Waals surface area (Å²) in [5.74, 6) is 1.50. The molecule has 0 aromatic carbocycles. The highest BCUT2D eigenvalue weighted by Crippen LogP contribution is 2.31. The van der Waals surface area contributed by atoms with Gasteiger partial charge in [0.25, 0.3) is 0 Å². The second-order valence-electron chi connectivity index (χ2n) is 4.38. The first-order valence-corrected chi connectivity index (χ1v) is 7.14. The number of nitrogens with one attached hydrogen (secondary N) is 2. The molecule has 18 heavy (non-hydrogen) atoms. The molecule has 7 heteroatoms. The van der Waals surface area contributed by atoms with Gasteiger partial charge in [0.15, 0.2) is 5.82 Å². The number of aromatic nitrogens is 3. The largest absolute Gasteiger partial charge is 0.337 e. The lowest BCUT2D eigenvalue weighted by Gasteiger charge is -2.30. The second kappa shape index (κ2) is 4.87. The first-order chi connectivity index (χ1) is 8.74.